The first-order chi connectivity index (χ1) is 13.6. The SMILES string of the molecule is OC[C@@]12CN[C@@H]([C@H](n3cnc4c(NCc5cccc(I)c5)ncnc43)O1)[C@@H]2O. The molecule has 0 amide bonds. The van der Waals surface area contributed by atoms with Crippen molar-refractivity contribution in [3.8, 4) is 0 Å². The number of aromatic nitrogens is 4. The first kappa shape index (κ1) is 18.2. The smallest absolute Gasteiger partial charge is 0.167 e. The lowest BCUT2D eigenvalue weighted by Crippen LogP contribution is -2.46. The van der Waals surface area contributed by atoms with Gasteiger partial charge in [0.2, 0.25) is 0 Å². The minimum atomic E-state index is -0.982. The molecule has 2 bridgehead atoms. The Kier molecular flexibility index (Phi) is 4.47. The molecule has 146 valence electrons. The van der Waals surface area contributed by atoms with Gasteiger partial charge in [0.1, 0.15) is 18.0 Å². The average molecular weight is 494 g/mol. The predicted molar refractivity (Wildman–Crippen MR) is 110 cm³/mol. The van der Waals surface area contributed by atoms with Gasteiger partial charge >= 0.3 is 0 Å². The van der Waals surface area contributed by atoms with E-state index in [2.05, 4.69) is 60.3 Å². The summed E-state index contributed by atoms with van der Waals surface area (Å²) in [6.07, 6.45) is 1.83. The van der Waals surface area contributed by atoms with Gasteiger partial charge in [-0.1, -0.05) is 12.1 Å². The molecule has 4 N–H and O–H groups in total. The van der Waals surface area contributed by atoms with Crippen molar-refractivity contribution < 1.29 is 14.9 Å². The van der Waals surface area contributed by atoms with E-state index in [-0.39, 0.29) is 12.6 Å². The Morgan fingerprint density at radius 1 is 1.36 bits per heavy atom. The van der Waals surface area contributed by atoms with E-state index in [4.69, 9.17) is 4.74 Å². The van der Waals surface area contributed by atoms with Crippen molar-refractivity contribution >= 4 is 39.6 Å². The maximum absolute atomic E-state index is 10.5. The van der Waals surface area contributed by atoms with Crippen molar-refractivity contribution in [3.05, 3.63) is 46.1 Å². The fourth-order valence-electron chi connectivity index (χ4n) is 3.93. The topological polar surface area (TPSA) is 117 Å². The molecule has 3 aromatic rings. The van der Waals surface area contributed by atoms with Crippen LogP contribution in [0.3, 0.4) is 0 Å². The molecule has 0 radical (unpaired) electrons. The second kappa shape index (κ2) is 6.88. The van der Waals surface area contributed by atoms with Gasteiger partial charge in [0.05, 0.1) is 19.0 Å². The van der Waals surface area contributed by atoms with Crippen molar-refractivity contribution in [2.24, 2.45) is 0 Å². The molecule has 28 heavy (non-hydrogen) atoms. The van der Waals surface area contributed by atoms with Crippen LogP contribution in [0.4, 0.5) is 5.82 Å². The Labute approximate surface area is 174 Å². The summed E-state index contributed by atoms with van der Waals surface area (Å²) in [5.41, 5.74) is 1.41. The molecule has 2 aliphatic heterocycles. The van der Waals surface area contributed by atoms with Gasteiger partial charge in [0, 0.05) is 16.7 Å². The molecule has 9 nitrogen and oxygen atoms in total. The maximum atomic E-state index is 10.5. The number of benzene rings is 1. The number of ether oxygens (including phenoxy) is 1. The Hall–Kier alpha value is -1.86. The van der Waals surface area contributed by atoms with Crippen LogP contribution in [-0.2, 0) is 11.3 Å². The van der Waals surface area contributed by atoms with E-state index in [0.717, 1.165) is 5.56 Å². The number of aliphatic hydroxyl groups excluding tert-OH is 2. The molecule has 0 unspecified atom stereocenters. The number of aliphatic hydroxyl groups is 2. The third-order valence-corrected chi connectivity index (χ3v) is 6.10. The highest BCUT2D eigenvalue weighted by molar-refractivity contribution is 14.1. The van der Waals surface area contributed by atoms with Crippen LogP contribution in [-0.4, -0.2) is 60.6 Å². The minimum absolute atomic E-state index is 0.252. The molecule has 2 fully saturated rings. The lowest BCUT2D eigenvalue weighted by molar-refractivity contribution is -0.130. The van der Waals surface area contributed by atoms with Crippen LogP contribution < -0.4 is 10.6 Å². The second-order valence-corrected chi connectivity index (χ2v) is 8.36. The first-order valence-electron chi connectivity index (χ1n) is 8.97. The zero-order chi connectivity index (χ0) is 19.3. The highest BCUT2D eigenvalue weighted by Crippen LogP contribution is 2.42. The molecule has 4 atom stereocenters. The molecule has 1 aromatic carbocycles. The monoisotopic (exact) mass is 494 g/mol. The number of anilines is 1. The standard InChI is InChI=1S/C18H19IN6O3/c19-11-3-1-2-10(4-11)5-20-15-13-16(23-8-22-15)25(9-24-13)17-12-14(27)18(7-26,28-17)6-21-12/h1-4,8-9,12,14,17,21,26-27H,5-7H2,(H,20,22,23)/t12-,14+,17-,18-/m1/s1. The third kappa shape index (κ3) is 2.78. The van der Waals surface area contributed by atoms with Crippen LogP contribution in [0, 0.1) is 3.57 Å². The van der Waals surface area contributed by atoms with E-state index in [1.807, 2.05) is 12.1 Å². The molecule has 0 aliphatic carbocycles. The second-order valence-electron chi connectivity index (χ2n) is 7.11. The lowest BCUT2D eigenvalue weighted by Gasteiger charge is -2.30. The molecule has 2 aromatic heterocycles. The highest BCUT2D eigenvalue weighted by Gasteiger charge is 2.60. The Morgan fingerprint density at radius 3 is 3.04 bits per heavy atom. The number of rotatable bonds is 5. The van der Waals surface area contributed by atoms with Crippen molar-refractivity contribution in [2.45, 2.75) is 30.5 Å². The minimum Gasteiger partial charge on any atom is -0.393 e. The molecule has 0 spiro atoms. The number of morpholine rings is 1. The van der Waals surface area contributed by atoms with E-state index in [9.17, 15) is 10.2 Å². The summed E-state index contributed by atoms with van der Waals surface area (Å²) in [6, 6.07) is 7.89. The lowest BCUT2D eigenvalue weighted by atomic mass is 10.0. The summed E-state index contributed by atoms with van der Waals surface area (Å²) in [5, 5.41) is 26.7. The first-order valence-corrected chi connectivity index (χ1v) is 10.1. The summed E-state index contributed by atoms with van der Waals surface area (Å²) in [6.45, 7) is 0.779. The molecule has 5 rings (SSSR count). The molecule has 4 heterocycles. The van der Waals surface area contributed by atoms with Gasteiger partial charge in [-0.05, 0) is 40.3 Å². The largest absolute Gasteiger partial charge is 0.393 e. The summed E-state index contributed by atoms with van der Waals surface area (Å²) < 4.78 is 8.98. The van der Waals surface area contributed by atoms with Crippen LogP contribution >= 0.6 is 22.6 Å². The number of halogens is 1. The summed E-state index contributed by atoms with van der Waals surface area (Å²) in [5.74, 6) is 0.635. The molecular weight excluding hydrogens is 475 g/mol. The quantitative estimate of drug-likeness (QED) is 0.382. The van der Waals surface area contributed by atoms with E-state index in [0.29, 0.717) is 30.1 Å². The van der Waals surface area contributed by atoms with Crippen LogP contribution in [0.2, 0.25) is 0 Å². The van der Waals surface area contributed by atoms with Crippen molar-refractivity contribution in [2.75, 3.05) is 18.5 Å². The van der Waals surface area contributed by atoms with Gasteiger partial charge in [-0.25, -0.2) is 15.0 Å². The average Bonchev–Trinajstić information content (AvgIpc) is 3.36. The van der Waals surface area contributed by atoms with Crippen LogP contribution in [0.15, 0.2) is 36.9 Å². The van der Waals surface area contributed by atoms with E-state index < -0.39 is 17.9 Å². The number of imidazole rings is 1. The van der Waals surface area contributed by atoms with Crippen molar-refractivity contribution in [1.82, 2.24) is 24.8 Å². The van der Waals surface area contributed by atoms with Gasteiger partial charge in [0.25, 0.3) is 0 Å². The van der Waals surface area contributed by atoms with Gasteiger partial charge in [-0.15, -0.1) is 0 Å². The van der Waals surface area contributed by atoms with E-state index >= 15 is 0 Å². The normalized spacial score (nSPS) is 28.9. The zero-order valence-electron chi connectivity index (χ0n) is 14.8. The van der Waals surface area contributed by atoms with Gasteiger partial charge in [-0.2, -0.15) is 0 Å². The van der Waals surface area contributed by atoms with Crippen molar-refractivity contribution in [3.63, 3.8) is 0 Å². The van der Waals surface area contributed by atoms with Gasteiger partial charge < -0.3 is 25.6 Å². The van der Waals surface area contributed by atoms with Crippen LogP contribution in [0.5, 0.6) is 0 Å². The molecule has 2 saturated heterocycles. The number of nitrogens with one attached hydrogen (secondary N) is 2. The highest BCUT2D eigenvalue weighted by atomic mass is 127. The number of hydrogen-bond acceptors (Lipinski definition) is 8. The van der Waals surface area contributed by atoms with Gasteiger partial charge in [-0.3, -0.25) is 4.57 Å². The number of nitrogens with zero attached hydrogens (tertiary/aromatic N) is 4. The summed E-state index contributed by atoms with van der Waals surface area (Å²) in [7, 11) is 0. The molecule has 0 saturated carbocycles. The summed E-state index contributed by atoms with van der Waals surface area (Å²) in [4.78, 5) is 13.2. The Balaban J connectivity index is 1.43. The fraction of sp³-hybridized carbons (Fsp3) is 0.389. The number of fused-ring (bicyclic) bond motifs is 3. The molecular formula is C18H19IN6O3. The Bertz CT molecular complexity index is 1030. The molecule has 10 heteroatoms. The predicted octanol–water partition coefficient (Wildman–Crippen LogP) is 0.636. The van der Waals surface area contributed by atoms with Gasteiger partial charge in [0.15, 0.2) is 23.2 Å². The van der Waals surface area contributed by atoms with Crippen LogP contribution in [0.25, 0.3) is 11.2 Å². The summed E-state index contributed by atoms with van der Waals surface area (Å²) >= 11 is 2.29. The third-order valence-electron chi connectivity index (χ3n) is 5.43. The fourth-order valence-corrected chi connectivity index (χ4v) is 4.54. The van der Waals surface area contributed by atoms with E-state index in [1.54, 1.807) is 10.9 Å². The Morgan fingerprint density at radius 2 is 2.25 bits per heavy atom. The van der Waals surface area contributed by atoms with Crippen molar-refractivity contribution in [1.29, 1.82) is 0 Å². The van der Waals surface area contributed by atoms with Crippen LogP contribution in [0.1, 0.15) is 11.8 Å². The van der Waals surface area contributed by atoms with E-state index in [1.165, 1.54) is 9.90 Å². The molecule has 2 aliphatic rings. The number of hydrogen-bond donors (Lipinski definition) is 4. The maximum Gasteiger partial charge on any atom is 0.167 e. The zero-order valence-corrected chi connectivity index (χ0v) is 16.9.